The Kier molecular flexibility index (Phi) is 4.42. The van der Waals surface area contributed by atoms with Crippen molar-refractivity contribution < 1.29 is 0 Å². The maximum Gasteiger partial charge on any atom is 0.137 e. The molecule has 1 aliphatic rings. The van der Waals surface area contributed by atoms with Gasteiger partial charge in [-0.05, 0) is 55.3 Å². The Labute approximate surface area is 142 Å². The minimum Gasteiger partial charge on any atom is -0.369 e. The zero-order chi connectivity index (χ0) is 16.2. The molecule has 4 heterocycles. The lowest BCUT2D eigenvalue weighted by Gasteiger charge is -2.15. The lowest BCUT2D eigenvalue weighted by molar-refractivity contribution is 0.352. The van der Waals surface area contributed by atoms with E-state index in [2.05, 4.69) is 43.4 Å². The summed E-state index contributed by atoms with van der Waals surface area (Å²) in [6, 6.07) is 8.31. The van der Waals surface area contributed by atoms with E-state index in [0.717, 1.165) is 31.0 Å². The van der Waals surface area contributed by atoms with Crippen LogP contribution in [0.5, 0.6) is 0 Å². The largest absolute Gasteiger partial charge is 0.369 e. The molecule has 3 aromatic rings. The second-order valence-electron chi connectivity index (χ2n) is 6.42. The summed E-state index contributed by atoms with van der Waals surface area (Å²) >= 11 is 0. The summed E-state index contributed by atoms with van der Waals surface area (Å²) in [5.74, 6) is 0.957. The van der Waals surface area contributed by atoms with E-state index in [-0.39, 0.29) is 0 Å². The average Bonchev–Trinajstić information content (AvgIpc) is 3.27. The van der Waals surface area contributed by atoms with Gasteiger partial charge in [0, 0.05) is 43.5 Å². The standard InChI is InChI=1S/C19H23N5/c1-2-10-24(9-1)11-8-20-18-6-5-15(13-22-18)12-16-14-23-19-17(16)4-3-7-21-19/h3-7,13-14H,1-2,8-12H2,(H,20,22)(H,21,23). The van der Waals surface area contributed by atoms with Gasteiger partial charge in [-0.15, -0.1) is 0 Å². The summed E-state index contributed by atoms with van der Waals surface area (Å²) < 4.78 is 0. The normalized spacial score (nSPS) is 15.2. The highest BCUT2D eigenvalue weighted by Gasteiger charge is 2.10. The van der Waals surface area contributed by atoms with Gasteiger partial charge in [0.1, 0.15) is 11.5 Å². The van der Waals surface area contributed by atoms with Crippen LogP contribution in [-0.4, -0.2) is 46.0 Å². The maximum atomic E-state index is 4.55. The molecule has 24 heavy (non-hydrogen) atoms. The molecule has 0 unspecified atom stereocenters. The fourth-order valence-electron chi connectivity index (χ4n) is 3.36. The van der Waals surface area contributed by atoms with Gasteiger partial charge in [-0.2, -0.15) is 0 Å². The van der Waals surface area contributed by atoms with Crippen LogP contribution in [-0.2, 0) is 6.42 Å². The van der Waals surface area contributed by atoms with Gasteiger partial charge in [0.25, 0.3) is 0 Å². The Morgan fingerprint density at radius 3 is 2.88 bits per heavy atom. The molecule has 124 valence electrons. The number of nitrogens with zero attached hydrogens (tertiary/aromatic N) is 3. The van der Waals surface area contributed by atoms with Gasteiger partial charge in [0.05, 0.1) is 0 Å². The second kappa shape index (κ2) is 7.01. The molecular weight excluding hydrogens is 298 g/mol. The molecule has 1 fully saturated rings. The number of rotatable bonds is 6. The molecule has 0 aliphatic carbocycles. The minimum absolute atomic E-state index is 0.868. The van der Waals surface area contributed by atoms with Gasteiger partial charge in [-0.3, -0.25) is 0 Å². The molecule has 5 nitrogen and oxygen atoms in total. The second-order valence-corrected chi connectivity index (χ2v) is 6.42. The van der Waals surface area contributed by atoms with Crippen molar-refractivity contribution in [3.05, 3.63) is 54.0 Å². The van der Waals surface area contributed by atoms with Crippen LogP contribution in [0.4, 0.5) is 5.82 Å². The Bertz CT molecular complexity index is 787. The van der Waals surface area contributed by atoms with Crippen molar-refractivity contribution in [2.45, 2.75) is 19.3 Å². The van der Waals surface area contributed by atoms with E-state index in [4.69, 9.17) is 0 Å². The van der Waals surface area contributed by atoms with E-state index in [1.54, 1.807) is 0 Å². The van der Waals surface area contributed by atoms with Crippen molar-refractivity contribution in [1.29, 1.82) is 0 Å². The van der Waals surface area contributed by atoms with E-state index in [9.17, 15) is 0 Å². The zero-order valence-corrected chi connectivity index (χ0v) is 13.8. The molecule has 0 saturated carbocycles. The van der Waals surface area contributed by atoms with Crippen molar-refractivity contribution in [1.82, 2.24) is 19.9 Å². The Morgan fingerprint density at radius 2 is 2.04 bits per heavy atom. The molecule has 0 radical (unpaired) electrons. The fraction of sp³-hybridized carbons (Fsp3) is 0.368. The summed E-state index contributed by atoms with van der Waals surface area (Å²) in [5, 5.41) is 4.60. The summed E-state index contributed by atoms with van der Waals surface area (Å²) in [7, 11) is 0. The topological polar surface area (TPSA) is 56.8 Å². The molecular formula is C19H23N5. The van der Waals surface area contributed by atoms with Crippen molar-refractivity contribution in [3.63, 3.8) is 0 Å². The van der Waals surface area contributed by atoms with Crippen LogP contribution in [0.25, 0.3) is 11.0 Å². The molecule has 2 N–H and O–H groups in total. The van der Waals surface area contributed by atoms with Crippen LogP contribution in [0.15, 0.2) is 42.9 Å². The van der Waals surface area contributed by atoms with E-state index in [0.29, 0.717) is 0 Å². The molecule has 0 bridgehead atoms. The van der Waals surface area contributed by atoms with Gasteiger partial charge in [0.15, 0.2) is 0 Å². The molecule has 5 heteroatoms. The number of likely N-dealkylation sites (tertiary alicyclic amines) is 1. The summed E-state index contributed by atoms with van der Waals surface area (Å²) in [6.45, 7) is 4.55. The summed E-state index contributed by atoms with van der Waals surface area (Å²) in [6.07, 6.45) is 9.37. The van der Waals surface area contributed by atoms with Crippen molar-refractivity contribution in [2.75, 3.05) is 31.5 Å². The molecule has 0 spiro atoms. The number of aromatic nitrogens is 3. The smallest absolute Gasteiger partial charge is 0.137 e. The summed E-state index contributed by atoms with van der Waals surface area (Å²) in [5.41, 5.74) is 3.42. The highest BCUT2D eigenvalue weighted by molar-refractivity contribution is 5.79. The highest BCUT2D eigenvalue weighted by atomic mass is 15.2. The highest BCUT2D eigenvalue weighted by Crippen LogP contribution is 2.19. The first-order valence-electron chi connectivity index (χ1n) is 8.71. The van der Waals surface area contributed by atoms with Gasteiger partial charge >= 0.3 is 0 Å². The first kappa shape index (κ1) is 15.1. The van der Waals surface area contributed by atoms with E-state index in [1.807, 2.05) is 24.7 Å². The number of H-pyrrole nitrogens is 1. The van der Waals surface area contributed by atoms with Crippen LogP contribution in [0.1, 0.15) is 24.0 Å². The molecule has 1 aliphatic heterocycles. The van der Waals surface area contributed by atoms with Crippen LogP contribution in [0.2, 0.25) is 0 Å². The lowest BCUT2D eigenvalue weighted by atomic mass is 10.1. The van der Waals surface area contributed by atoms with Gasteiger partial charge < -0.3 is 15.2 Å². The number of hydrogen-bond acceptors (Lipinski definition) is 4. The SMILES string of the molecule is c1cnc2[nH]cc(Cc3ccc(NCCN4CCCC4)nc3)c2c1. The molecule has 1 saturated heterocycles. The third-order valence-corrected chi connectivity index (χ3v) is 4.69. The van der Waals surface area contributed by atoms with Gasteiger partial charge in [-0.25, -0.2) is 9.97 Å². The third kappa shape index (κ3) is 3.41. The zero-order valence-electron chi connectivity index (χ0n) is 13.8. The van der Waals surface area contributed by atoms with Crippen LogP contribution >= 0.6 is 0 Å². The number of fused-ring (bicyclic) bond motifs is 1. The lowest BCUT2D eigenvalue weighted by Crippen LogP contribution is -2.26. The fourth-order valence-corrected chi connectivity index (χ4v) is 3.36. The number of aromatic amines is 1. The van der Waals surface area contributed by atoms with Crippen LogP contribution in [0.3, 0.4) is 0 Å². The van der Waals surface area contributed by atoms with Crippen molar-refractivity contribution >= 4 is 16.9 Å². The monoisotopic (exact) mass is 321 g/mol. The van der Waals surface area contributed by atoms with Gasteiger partial charge in [-0.1, -0.05) is 6.07 Å². The number of nitrogens with one attached hydrogen (secondary N) is 2. The molecule has 4 rings (SSSR count). The minimum atomic E-state index is 0.868. The number of anilines is 1. The van der Waals surface area contributed by atoms with Crippen molar-refractivity contribution in [3.8, 4) is 0 Å². The Balaban J connectivity index is 1.35. The van der Waals surface area contributed by atoms with Gasteiger partial charge in [0.2, 0.25) is 0 Å². The van der Waals surface area contributed by atoms with E-state index >= 15 is 0 Å². The molecule has 0 atom stereocenters. The predicted molar refractivity (Wildman–Crippen MR) is 97.3 cm³/mol. The van der Waals surface area contributed by atoms with Crippen molar-refractivity contribution in [2.24, 2.45) is 0 Å². The van der Waals surface area contributed by atoms with E-state index < -0.39 is 0 Å². The van der Waals surface area contributed by atoms with Crippen LogP contribution < -0.4 is 5.32 Å². The first-order chi connectivity index (χ1) is 11.9. The average molecular weight is 321 g/mol. The Morgan fingerprint density at radius 1 is 1.12 bits per heavy atom. The third-order valence-electron chi connectivity index (χ3n) is 4.69. The summed E-state index contributed by atoms with van der Waals surface area (Å²) in [4.78, 5) is 14.6. The Hall–Kier alpha value is -2.40. The maximum absolute atomic E-state index is 4.55. The number of hydrogen-bond donors (Lipinski definition) is 2. The molecule has 0 aromatic carbocycles. The predicted octanol–water partition coefficient (Wildman–Crippen LogP) is 3.06. The first-order valence-corrected chi connectivity index (χ1v) is 8.71. The van der Waals surface area contributed by atoms with E-state index in [1.165, 1.54) is 42.4 Å². The molecule has 0 amide bonds. The van der Waals surface area contributed by atoms with Crippen LogP contribution in [0, 0.1) is 0 Å². The number of pyridine rings is 2. The quantitative estimate of drug-likeness (QED) is 0.732. The molecule has 3 aromatic heterocycles.